The molecule has 2 heterocycles. The van der Waals surface area contributed by atoms with Crippen LogP contribution < -0.4 is 23.3 Å². The minimum absolute atomic E-state index is 0.0262. The Hall–Kier alpha value is -3.54. The molecule has 0 unspecified atom stereocenters. The second-order valence-electron chi connectivity index (χ2n) is 7.32. The molecule has 1 saturated heterocycles. The molecule has 0 bridgehead atoms. The zero-order valence-corrected chi connectivity index (χ0v) is 20.6. The third-order valence-corrected chi connectivity index (χ3v) is 7.68. The first-order chi connectivity index (χ1) is 16.9. The van der Waals surface area contributed by atoms with Gasteiger partial charge in [0.25, 0.3) is 5.91 Å². The number of thioether (sulfide) groups is 1. The average molecular weight is 528 g/mol. The Balaban J connectivity index is 1.40. The Morgan fingerprint density at radius 2 is 1.77 bits per heavy atom. The van der Waals surface area contributed by atoms with Crippen molar-refractivity contribution in [3.8, 4) is 23.0 Å². The second kappa shape index (κ2) is 9.25. The predicted octanol–water partition coefficient (Wildman–Crippen LogP) is 4.60. The summed E-state index contributed by atoms with van der Waals surface area (Å²) in [6, 6.07) is 17.7. The summed E-state index contributed by atoms with van der Waals surface area (Å²) >= 11 is 6.60. The fourth-order valence-corrected chi connectivity index (χ4v) is 5.72. The smallest absolute Gasteiger partial charge is 0.339 e. The van der Waals surface area contributed by atoms with Gasteiger partial charge in [0, 0.05) is 6.07 Å². The molecule has 0 aliphatic carbocycles. The van der Waals surface area contributed by atoms with Crippen molar-refractivity contribution in [2.24, 2.45) is 0 Å². The van der Waals surface area contributed by atoms with Gasteiger partial charge < -0.3 is 18.4 Å². The van der Waals surface area contributed by atoms with E-state index in [0.29, 0.717) is 32.0 Å². The number of ether oxygens (including phenoxy) is 3. The molecular weight excluding hydrogens is 510 g/mol. The first-order valence-corrected chi connectivity index (χ1v) is 12.8. The number of carbonyl (C=O) groups excluding carboxylic acids is 1. The minimum Gasteiger partial charge on any atom is -0.493 e. The molecule has 1 fully saturated rings. The van der Waals surface area contributed by atoms with E-state index in [-0.39, 0.29) is 29.1 Å². The number of rotatable bonds is 6. The van der Waals surface area contributed by atoms with E-state index in [9.17, 15) is 13.2 Å². The lowest BCUT2D eigenvalue weighted by atomic mass is 10.2. The molecule has 11 heteroatoms. The van der Waals surface area contributed by atoms with Crippen LogP contribution in [0, 0.1) is 0 Å². The van der Waals surface area contributed by atoms with Gasteiger partial charge in [-0.1, -0.05) is 48.2 Å². The Morgan fingerprint density at radius 1 is 1.00 bits per heavy atom. The van der Waals surface area contributed by atoms with Crippen LogP contribution in [0.5, 0.6) is 23.0 Å². The van der Waals surface area contributed by atoms with Crippen molar-refractivity contribution in [2.45, 2.75) is 4.90 Å². The van der Waals surface area contributed by atoms with Crippen LogP contribution in [0.2, 0.25) is 0 Å². The van der Waals surface area contributed by atoms with E-state index in [1.807, 2.05) is 0 Å². The predicted molar refractivity (Wildman–Crippen MR) is 135 cm³/mol. The summed E-state index contributed by atoms with van der Waals surface area (Å²) in [6.07, 6.45) is 1.66. The number of carbonyl (C=O) groups is 1. The molecule has 5 rings (SSSR count). The third kappa shape index (κ3) is 4.57. The summed E-state index contributed by atoms with van der Waals surface area (Å²) in [5.41, 5.74) is 1.19. The molecule has 178 valence electrons. The number of methoxy groups -OCH3 is 1. The molecule has 2 aliphatic rings. The second-order valence-corrected chi connectivity index (χ2v) is 10.5. The zero-order valence-electron chi connectivity index (χ0n) is 18.2. The summed E-state index contributed by atoms with van der Waals surface area (Å²) in [6.45, 7) is 0.130. The Bertz CT molecular complexity index is 1470. The molecule has 2 aliphatic heterocycles. The van der Waals surface area contributed by atoms with Crippen LogP contribution in [-0.2, 0) is 14.9 Å². The normalized spacial score (nSPS) is 16.1. The molecule has 35 heavy (non-hydrogen) atoms. The summed E-state index contributed by atoms with van der Waals surface area (Å²) < 4.78 is 46.9. The van der Waals surface area contributed by atoms with E-state index in [2.05, 4.69) is 0 Å². The highest BCUT2D eigenvalue weighted by Crippen LogP contribution is 2.41. The number of hydrogen-bond acceptors (Lipinski definition) is 9. The van der Waals surface area contributed by atoms with E-state index < -0.39 is 10.1 Å². The molecule has 8 nitrogen and oxygen atoms in total. The van der Waals surface area contributed by atoms with E-state index in [1.165, 1.54) is 30.2 Å². The van der Waals surface area contributed by atoms with Crippen molar-refractivity contribution in [2.75, 3.05) is 18.8 Å². The fourth-order valence-electron chi connectivity index (χ4n) is 3.46. The standard InChI is InChI=1S/C24H17NO7S3/c1-29-20-11-15(7-9-19(20)32-35(27,28)17-5-3-2-4-6-17)12-22-23(26)25(24(33)34-22)16-8-10-18-21(13-16)31-14-30-18/h2-13H,14H2,1H3/b22-12-. The Morgan fingerprint density at radius 3 is 2.54 bits per heavy atom. The van der Waals surface area contributed by atoms with Crippen LogP contribution in [0.1, 0.15) is 5.56 Å². The zero-order chi connectivity index (χ0) is 24.6. The van der Waals surface area contributed by atoms with Crippen molar-refractivity contribution < 1.29 is 31.6 Å². The van der Waals surface area contributed by atoms with Crippen LogP contribution in [-0.4, -0.2) is 32.5 Å². The highest BCUT2D eigenvalue weighted by atomic mass is 32.2. The number of hydrogen-bond donors (Lipinski definition) is 0. The average Bonchev–Trinajstić information content (AvgIpc) is 3.43. The van der Waals surface area contributed by atoms with Gasteiger partial charge in [0.05, 0.1) is 17.7 Å². The number of amides is 1. The molecule has 0 atom stereocenters. The fraction of sp³-hybridized carbons (Fsp3) is 0.0833. The summed E-state index contributed by atoms with van der Waals surface area (Å²) in [7, 11) is -2.63. The van der Waals surface area contributed by atoms with Crippen LogP contribution >= 0.6 is 24.0 Å². The van der Waals surface area contributed by atoms with E-state index in [4.69, 9.17) is 30.6 Å². The Labute approximate surface area is 211 Å². The molecule has 0 aromatic heterocycles. The lowest BCUT2D eigenvalue weighted by Crippen LogP contribution is -2.27. The van der Waals surface area contributed by atoms with Gasteiger partial charge >= 0.3 is 10.1 Å². The van der Waals surface area contributed by atoms with Crippen LogP contribution in [0.25, 0.3) is 6.08 Å². The largest absolute Gasteiger partial charge is 0.493 e. The van der Waals surface area contributed by atoms with Crippen molar-refractivity contribution in [1.29, 1.82) is 0 Å². The molecule has 3 aromatic rings. The highest BCUT2D eigenvalue weighted by Gasteiger charge is 2.34. The quantitative estimate of drug-likeness (QED) is 0.259. The van der Waals surface area contributed by atoms with Gasteiger partial charge in [0.2, 0.25) is 6.79 Å². The topological polar surface area (TPSA) is 91.4 Å². The van der Waals surface area contributed by atoms with Crippen LogP contribution in [0.3, 0.4) is 0 Å². The maximum atomic E-state index is 13.1. The SMILES string of the molecule is COc1cc(/C=C2\SC(=S)N(c3ccc4c(c3)OCO4)C2=O)ccc1OS(=O)(=O)c1ccccc1. The molecule has 0 saturated carbocycles. The first-order valence-electron chi connectivity index (χ1n) is 10.2. The van der Waals surface area contributed by atoms with Gasteiger partial charge in [-0.05, 0) is 48.0 Å². The maximum absolute atomic E-state index is 13.1. The third-order valence-electron chi connectivity index (χ3n) is 5.12. The molecule has 0 spiro atoms. The van der Waals surface area contributed by atoms with Crippen molar-refractivity contribution in [3.05, 3.63) is 77.2 Å². The number of fused-ring (bicyclic) bond motifs is 1. The van der Waals surface area contributed by atoms with E-state index >= 15 is 0 Å². The highest BCUT2D eigenvalue weighted by molar-refractivity contribution is 8.27. The van der Waals surface area contributed by atoms with Crippen molar-refractivity contribution in [1.82, 2.24) is 0 Å². The molecular formula is C24H17NO7S3. The van der Waals surface area contributed by atoms with Gasteiger partial charge in [-0.25, -0.2) is 0 Å². The van der Waals surface area contributed by atoms with Gasteiger partial charge in [-0.3, -0.25) is 9.69 Å². The summed E-state index contributed by atoms with van der Waals surface area (Å²) in [4.78, 5) is 15.0. The lowest BCUT2D eigenvalue weighted by molar-refractivity contribution is -0.113. The number of benzene rings is 3. The number of thiocarbonyl (C=S) groups is 1. The minimum atomic E-state index is -4.04. The van der Waals surface area contributed by atoms with Gasteiger partial charge in [0.15, 0.2) is 27.3 Å². The number of anilines is 1. The maximum Gasteiger partial charge on any atom is 0.339 e. The van der Waals surface area contributed by atoms with Crippen molar-refractivity contribution >= 4 is 56.1 Å². The first kappa shape index (κ1) is 23.2. The van der Waals surface area contributed by atoms with E-state index in [0.717, 1.165) is 11.8 Å². The summed E-state index contributed by atoms with van der Waals surface area (Å²) in [5, 5.41) is 0. The van der Waals surface area contributed by atoms with Gasteiger partial charge in [-0.15, -0.1) is 0 Å². The van der Waals surface area contributed by atoms with E-state index in [1.54, 1.807) is 54.6 Å². The lowest BCUT2D eigenvalue weighted by Gasteiger charge is -2.14. The van der Waals surface area contributed by atoms with Gasteiger partial charge in [0.1, 0.15) is 4.90 Å². The molecule has 3 aromatic carbocycles. The van der Waals surface area contributed by atoms with Gasteiger partial charge in [-0.2, -0.15) is 8.42 Å². The van der Waals surface area contributed by atoms with Crippen LogP contribution in [0.4, 0.5) is 5.69 Å². The molecule has 0 radical (unpaired) electrons. The van der Waals surface area contributed by atoms with Crippen LogP contribution in [0.15, 0.2) is 76.5 Å². The molecule has 1 amide bonds. The Kier molecular flexibility index (Phi) is 6.13. The molecule has 0 N–H and O–H groups in total. The monoisotopic (exact) mass is 527 g/mol. The summed E-state index contributed by atoms with van der Waals surface area (Å²) in [5.74, 6) is 1.10. The number of nitrogens with zero attached hydrogens (tertiary/aromatic N) is 1. The van der Waals surface area contributed by atoms with Crippen molar-refractivity contribution in [3.63, 3.8) is 0 Å².